The van der Waals surface area contributed by atoms with Gasteiger partial charge in [-0.1, -0.05) is 13.8 Å². The number of hydrogen-bond donors (Lipinski definition) is 2. The van der Waals surface area contributed by atoms with E-state index in [1.165, 1.54) is 6.07 Å². The summed E-state index contributed by atoms with van der Waals surface area (Å²) in [6.07, 6.45) is 0. The Morgan fingerprint density at radius 2 is 2.00 bits per heavy atom. The van der Waals surface area contributed by atoms with E-state index in [0.717, 1.165) is 26.2 Å². The van der Waals surface area contributed by atoms with Crippen molar-refractivity contribution in [2.45, 2.75) is 33.7 Å². The van der Waals surface area contributed by atoms with Gasteiger partial charge in [0.05, 0.1) is 4.92 Å². The van der Waals surface area contributed by atoms with E-state index >= 15 is 0 Å². The lowest BCUT2D eigenvalue weighted by Crippen LogP contribution is -2.35. The second-order valence-electron chi connectivity index (χ2n) is 4.88. The van der Waals surface area contributed by atoms with Crippen LogP contribution in [0.25, 0.3) is 0 Å². The molecule has 0 bridgehead atoms. The molecule has 7 nitrogen and oxygen atoms in total. The Morgan fingerprint density at radius 1 is 1.33 bits per heavy atom. The molecule has 0 aliphatic carbocycles. The van der Waals surface area contributed by atoms with Gasteiger partial charge in [0.1, 0.15) is 5.82 Å². The van der Waals surface area contributed by atoms with Gasteiger partial charge in [0.25, 0.3) is 0 Å². The Bertz CT molecular complexity index is 463. The van der Waals surface area contributed by atoms with Crippen molar-refractivity contribution in [1.29, 1.82) is 0 Å². The molecule has 21 heavy (non-hydrogen) atoms. The van der Waals surface area contributed by atoms with E-state index in [-0.39, 0.29) is 11.7 Å². The van der Waals surface area contributed by atoms with Crippen LogP contribution in [0.4, 0.5) is 17.3 Å². The van der Waals surface area contributed by atoms with Gasteiger partial charge in [0, 0.05) is 25.2 Å². The Hall–Kier alpha value is -1.89. The molecule has 0 spiro atoms. The minimum atomic E-state index is -0.408. The molecule has 118 valence electrons. The van der Waals surface area contributed by atoms with Crippen LogP contribution in [-0.2, 0) is 0 Å². The summed E-state index contributed by atoms with van der Waals surface area (Å²) < 4.78 is 0. The van der Waals surface area contributed by atoms with Crippen LogP contribution in [0.2, 0.25) is 0 Å². The van der Waals surface area contributed by atoms with E-state index in [2.05, 4.69) is 34.4 Å². The van der Waals surface area contributed by atoms with Crippen molar-refractivity contribution in [3.05, 3.63) is 22.2 Å². The van der Waals surface area contributed by atoms with Gasteiger partial charge in [-0.2, -0.15) is 0 Å². The monoisotopic (exact) mass is 295 g/mol. The van der Waals surface area contributed by atoms with Crippen molar-refractivity contribution in [2.24, 2.45) is 0 Å². The lowest BCUT2D eigenvalue weighted by atomic mass is 10.2. The maximum atomic E-state index is 11.1. The van der Waals surface area contributed by atoms with E-state index < -0.39 is 4.92 Å². The molecule has 1 rings (SSSR count). The first-order valence-electron chi connectivity index (χ1n) is 7.39. The van der Waals surface area contributed by atoms with Crippen LogP contribution in [0.1, 0.15) is 27.7 Å². The molecule has 1 atom stereocenters. The molecule has 0 saturated heterocycles. The summed E-state index contributed by atoms with van der Waals surface area (Å²) in [5.41, 5.74) is 0.00282. The molecule has 7 heteroatoms. The number of aromatic nitrogens is 1. The van der Waals surface area contributed by atoms with Crippen LogP contribution in [0, 0.1) is 10.1 Å². The molecule has 0 aliphatic rings. The molecule has 0 amide bonds. The van der Waals surface area contributed by atoms with Crippen molar-refractivity contribution in [3.8, 4) is 0 Å². The lowest BCUT2D eigenvalue weighted by molar-refractivity contribution is -0.384. The number of rotatable bonds is 9. The number of nitrogens with zero attached hydrogens (tertiary/aromatic N) is 3. The summed E-state index contributed by atoms with van der Waals surface area (Å²) in [6.45, 7) is 11.6. The third-order valence-corrected chi connectivity index (χ3v) is 3.24. The molecule has 1 aromatic heterocycles. The van der Waals surface area contributed by atoms with Gasteiger partial charge in [0.15, 0.2) is 0 Å². The molecule has 0 fully saturated rings. The molecule has 1 aromatic rings. The molecule has 0 saturated carbocycles. The first-order valence-corrected chi connectivity index (χ1v) is 7.39. The molecule has 1 unspecified atom stereocenters. The fourth-order valence-corrected chi connectivity index (χ4v) is 2.13. The van der Waals surface area contributed by atoms with Crippen LogP contribution in [0.5, 0.6) is 0 Å². The Morgan fingerprint density at radius 3 is 2.52 bits per heavy atom. The average molecular weight is 295 g/mol. The molecule has 0 aromatic carbocycles. The predicted molar refractivity (Wildman–Crippen MR) is 85.9 cm³/mol. The first-order chi connectivity index (χ1) is 10.0. The molecule has 0 aliphatic heterocycles. The largest absolute Gasteiger partial charge is 0.370 e. The lowest BCUT2D eigenvalue weighted by Gasteiger charge is -2.23. The van der Waals surface area contributed by atoms with Gasteiger partial charge in [-0.3, -0.25) is 10.1 Å². The van der Waals surface area contributed by atoms with Crippen LogP contribution in [-0.4, -0.2) is 47.0 Å². The maximum Gasteiger partial charge on any atom is 0.311 e. The number of pyridine rings is 1. The summed E-state index contributed by atoms with van der Waals surface area (Å²) in [4.78, 5) is 17.3. The number of nitro groups is 1. The normalized spacial score (nSPS) is 12.2. The minimum absolute atomic E-state index is 0.00282. The van der Waals surface area contributed by atoms with Crippen LogP contribution < -0.4 is 10.6 Å². The molecule has 2 N–H and O–H groups in total. The number of nitrogens with one attached hydrogen (secondary N) is 2. The SMILES string of the molecule is CCNc1ccc([N+](=O)[O-])c(NC(C)CN(CC)CC)n1. The summed E-state index contributed by atoms with van der Waals surface area (Å²) in [7, 11) is 0. The van der Waals surface area contributed by atoms with E-state index in [1.807, 2.05) is 13.8 Å². The molecule has 0 radical (unpaired) electrons. The van der Waals surface area contributed by atoms with Gasteiger partial charge >= 0.3 is 5.69 Å². The summed E-state index contributed by atoms with van der Waals surface area (Å²) in [5, 5.41) is 17.3. The number of hydrogen-bond acceptors (Lipinski definition) is 6. The van der Waals surface area contributed by atoms with Gasteiger partial charge in [-0.05, 0) is 33.0 Å². The third kappa shape index (κ3) is 5.18. The Kier molecular flexibility index (Phi) is 6.87. The van der Waals surface area contributed by atoms with Crippen molar-refractivity contribution in [1.82, 2.24) is 9.88 Å². The first kappa shape index (κ1) is 17.2. The molecular weight excluding hydrogens is 270 g/mol. The van der Waals surface area contributed by atoms with Crippen molar-refractivity contribution >= 4 is 17.3 Å². The second kappa shape index (κ2) is 8.41. The summed E-state index contributed by atoms with van der Waals surface area (Å²) in [5.74, 6) is 0.957. The van der Waals surface area contributed by atoms with Crippen molar-refractivity contribution in [3.63, 3.8) is 0 Å². The zero-order valence-electron chi connectivity index (χ0n) is 13.2. The zero-order chi connectivity index (χ0) is 15.8. The zero-order valence-corrected chi connectivity index (χ0v) is 13.2. The van der Waals surface area contributed by atoms with Crippen molar-refractivity contribution < 1.29 is 4.92 Å². The maximum absolute atomic E-state index is 11.1. The number of likely N-dealkylation sites (N-methyl/N-ethyl adjacent to an activating group) is 1. The van der Waals surface area contributed by atoms with E-state index in [0.29, 0.717) is 11.6 Å². The van der Waals surface area contributed by atoms with Crippen LogP contribution in [0.3, 0.4) is 0 Å². The molecule has 1 heterocycles. The quantitative estimate of drug-likeness (QED) is 0.538. The van der Waals surface area contributed by atoms with E-state index in [4.69, 9.17) is 0 Å². The van der Waals surface area contributed by atoms with Crippen LogP contribution >= 0.6 is 0 Å². The van der Waals surface area contributed by atoms with E-state index in [1.54, 1.807) is 6.07 Å². The highest BCUT2D eigenvalue weighted by molar-refractivity contribution is 5.60. The van der Waals surface area contributed by atoms with Crippen LogP contribution in [0.15, 0.2) is 12.1 Å². The minimum Gasteiger partial charge on any atom is -0.370 e. The Labute approximate surface area is 125 Å². The van der Waals surface area contributed by atoms with Gasteiger partial charge in [0.2, 0.25) is 5.82 Å². The van der Waals surface area contributed by atoms with E-state index in [9.17, 15) is 10.1 Å². The van der Waals surface area contributed by atoms with Gasteiger partial charge < -0.3 is 15.5 Å². The summed E-state index contributed by atoms with van der Waals surface area (Å²) >= 11 is 0. The number of anilines is 2. The Balaban J connectivity index is 2.87. The highest BCUT2D eigenvalue weighted by atomic mass is 16.6. The fraction of sp³-hybridized carbons (Fsp3) is 0.643. The fourth-order valence-electron chi connectivity index (χ4n) is 2.13. The smallest absolute Gasteiger partial charge is 0.311 e. The van der Waals surface area contributed by atoms with Crippen molar-refractivity contribution in [2.75, 3.05) is 36.8 Å². The van der Waals surface area contributed by atoms with Gasteiger partial charge in [-0.15, -0.1) is 0 Å². The third-order valence-electron chi connectivity index (χ3n) is 3.24. The highest BCUT2D eigenvalue weighted by Crippen LogP contribution is 2.24. The summed E-state index contributed by atoms with van der Waals surface area (Å²) in [6, 6.07) is 3.19. The molecular formula is C14H25N5O2. The predicted octanol–water partition coefficient (Wildman–Crippen LogP) is 2.56. The highest BCUT2D eigenvalue weighted by Gasteiger charge is 2.18. The second-order valence-corrected chi connectivity index (χ2v) is 4.88. The van der Waals surface area contributed by atoms with Gasteiger partial charge in [-0.25, -0.2) is 4.98 Å². The average Bonchev–Trinajstić information content (AvgIpc) is 2.45. The topological polar surface area (TPSA) is 83.3 Å². The standard InChI is InChI=1S/C14H25N5O2/c1-5-15-13-9-8-12(19(20)21)14(17-13)16-11(4)10-18(6-2)7-3/h8-9,11H,5-7,10H2,1-4H3,(H2,15,16,17).